The molecule has 11 nitrogen and oxygen atoms in total. The van der Waals surface area contributed by atoms with E-state index in [1.54, 1.807) is 56.3 Å². The summed E-state index contributed by atoms with van der Waals surface area (Å²) in [7, 11) is 0. The number of amides is 3. The molecule has 5 rings (SSSR count). The zero-order valence-corrected chi connectivity index (χ0v) is 31.0. The number of hydrogen-bond donors (Lipinski definition) is 5. The molecular formula is C42H52Cl2N4O7. The molecule has 1 aliphatic heterocycles. The number of nitrogens with zero attached hydrogens (tertiary/aromatic N) is 1. The van der Waals surface area contributed by atoms with Crippen LogP contribution in [0.5, 0.6) is 11.5 Å². The molecule has 4 aromatic rings. The molecule has 4 aromatic carbocycles. The first kappa shape index (κ1) is 44.7. The van der Waals surface area contributed by atoms with Gasteiger partial charge in [0.05, 0.1) is 16.1 Å². The largest absolute Gasteiger partial charge is 0.457 e. The highest BCUT2D eigenvalue weighted by molar-refractivity contribution is 6.42. The number of rotatable bonds is 15. The third-order valence-corrected chi connectivity index (χ3v) is 9.56. The molecule has 296 valence electrons. The minimum atomic E-state index is -1.89. The van der Waals surface area contributed by atoms with Gasteiger partial charge in [-0.1, -0.05) is 106 Å². The summed E-state index contributed by atoms with van der Waals surface area (Å²) in [6, 6.07) is 29.2. The third kappa shape index (κ3) is 13.3. The summed E-state index contributed by atoms with van der Waals surface area (Å²) >= 11 is 12.4. The number of aliphatic hydroxyl groups is 2. The molecule has 0 spiro atoms. The van der Waals surface area contributed by atoms with Gasteiger partial charge in [-0.3, -0.25) is 19.8 Å². The fourth-order valence-electron chi connectivity index (χ4n) is 6.03. The highest BCUT2D eigenvalue weighted by Crippen LogP contribution is 2.25. The summed E-state index contributed by atoms with van der Waals surface area (Å²) in [5.41, 5.74) is 2.13. The summed E-state index contributed by atoms with van der Waals surface area (Å²) in [5, 5.41) is 31.2. The summed E-state index contributed by atoms with van der Waals surface area (Å²) < 4.78 is 11.3. The Bertz CT molecular complexity index is 1820. The molecule has 0 bridgehead atoms. The van der Waals surface area contributed by atoms with Gasteiger partial charge in [-0.05, 0) is 78.4 Å². The van der Waals surface area contributed by atoms with E-state index >= 15 is 0 Å². The van der Waals surface area contributed by atoms with Crippen molar-refractivity contribution in [2.45, 2.75) is 78.5 Å². The molecule has 1 aliphatic rings. The molecular weight excluding hydrogens is 743 g/mol. The van der Waals surface area contributed by atoms with Crippen molar-refractivity contribution >= 4 is 46.8 Å². The number of nitrogens with one attached hydrogen (secondary N) is 3. The SMILES string of the molecule is C.C.CC(C)C(OC(=O)Nc1ccc(Oc2ccccc2)cc1)C(=O)NC(Cc1ccc(Cl)c(Cl)c1)C(O)C(O)C(=O)NC1CCN(Cc2ccccc2)C1. The van der Waals surface area contributed by atoms with Crippen LogP contribution in [0, 0.1) is 5.92 Å². The smallest absolute Gasteiger partial charge is 0.412 e. The third-order valence-electron chi connectivity index (χ3n) is 8.82. The number of aliphatic hydroxyl groups excluding tert-OH is 2. The van der Waals surface area contributed by atoms with Crippen LogP contribution in [-0.4, -0.2) is 76.5 Å². The topological polar surface area (TPSA) is 149 Å². The van der Waals surface area contributed by atoms with Gasteiger partial charge in [0.2, 0.25) is 0 Å². The van der Waals surface area contributed by atoms with Gasteiger partial charge in [-0.25, -0.2) is 4.79 Å². The summed E-state index contributed by atoms with van der Waals surface area (Å²) in [4.78, 5) is 42.1. The zero-order chi connectivity index (χ0) is 37.9. The highest BCUT2D eigenvalue weighted by atomic mass is 35.5. The summed E-state index contributed by atoms with van der Waals surface area (Å²) in [6.07, 6.45) is -5.16. The molecule has 0 saturated carbocycles. The van der Waals surface area contributed by atoms with E-state index in [1.165, 1.54) is 0 Å². The molecule has 13 heteroatoms. The van der Waals surface area contributed by atoms with Gasteiger partial charge in [0.25, 0.3) is 11.8 Å². The van der Waals surface area contributed by atoms with Crippen molar-refractivity contribution in [1.82, 2.24) is 15.5 Å². The normalized spacial score (nSPS) is 16.0. The summed E-state index contributed by atoms with van der Waals surface area (Å²) in [5.74, 6) is -0.766. The van der Waals surface area contributed by atoms with E-state index in [2.05, 4.69) is 20.9 Å². The minimum Gasteiger partial charge on any atom is -0.457 e. The maximum absolute atomic E-state index is 13.7. The lowest BCUT2D eigenvalue weighted by atomic mass is 9.96. The van der Waals surface area contributed by atoms with Gasteiger partial charge >= 0.3 is 6.09 Å². The predicted molar refractivity (Wildman–Crippen MR) is 218 cm³/mol. The Hall–Kier alpha value is -4.65. The molecule has 1 saturated heterocycles. The van der Waals surface area contributed by atoms with Crippen molar-refractivity contribution in [1.29, 1.82) is 0 Å². The number of likely N-dealkylation sites (tertiary alicyclic amines) is 1. The van der Waals surface area contributed by atoms with Gasteiger partial charge in [0.15, 0.2) is 12.2 Å². The number of para-hydroxylation sites is 1. The van der Waals surface area contributed by atoms with Crippen LogP contribution in [0.4, 0.5) is 10.5 Å². The molecule has 5 atom stereocenters. The van der Waals surface area contributed by atoms with Crippen LogP contribution in [-0.2, 0) is 27.3 Å². The number of carbonyl (C=O) groups is 3. The number of carbonyl (C=O) groups excluding carboxylic acids is 3. The van der Waals surface area contributed by atoms with Crippen LogP contribution < -0.4 is 20.7 Å². The number of anilines is 1. The number of halogens is 2. The van der Waals surface area contributed by atoms with Crippen molar-refractivity contribution in [2.75, 3.05) is 18.4 Å². The molecule has 55 heavy (non-hydrogen) atoms. The Morgan fingerprint density at radius 3 is 2.09 bits per heavy atom. The first-order chi connectivity index (χ1) is 25.4. The fourth-order valence-corrected chi connectivity index (χ4v) is 6.35. The second kappa shape index (κ2) is 21.4. The van der Waals surface area contributed by atoms with E-state index < -0.39 is 48.2 Å². The van der Waals surface area contributed by atoms with Gasteiger partial charge in [-0.2, -0.15) is 0 Å². The predicted octanol–water partition coefficient (Wildman–Crippen LogP) is 7.47. The molecule has 0 radical (unpaired) electrons. The average molecular weight is 796 g/mol. The van der Waals surface area contributed by atoms with Crippen molar-refractivity contribution in [3.05, 3.63) is 124 Å². The molecule has 1 fully saturated rings. The first-order valence-electron chi connectivity index (χ1n) is 17.4. The maximum atomic E-state index is 13.7. The second-order valence-corrected chi connectivity index (χ2v) is 14.2. The average Bonchev–Trinajstić information content (AvgIpc) is 3.58. The second-order valence-electron chi connectivity index (χ2n) is 13.4. The van der Waals surface area contributed by atoms with Crippen molar-refractivity contribution in [3.63, 3.8) is 0 Å². The van der Waals surface area contributed by atoms with Gasteiger partial charge < -0.3 is 30.3 Å². The van der Waals surface area contributed by atoms with Gasteiger partial charge in [0.1, 0.15) is 17.6 Å². The van der Waals surface area contributed by atoms with Crippen LogP contribution in [0.1, 0.15) is 46.2 Å². The van der Waals surface area contributed by atoms with E-state index in [0.29, 0.717) is 40.7 Å². The van der Waals surface area contributed by atoms with E-state index in [-0.39, 0.29) is 32.3 Å². The molecule has 1 heterocycles. The lowest BCUT2D eigenvalue weighted by molar-refractivity contribution is -0.140. The molecule has 5 unspecified atom stereocenters. The first-order valence-corrected chi connectivity index (χ1v) is 18.2. The Morgan fingerprint density at radius 2 is 1.45 bits per heavy atom. The van der Waals surface area contributed by atoms with E-state index in [1.807, 2.05) is 60.7 Å². The van der Waals surface area contributed by atoms with E-state index in [4.69, 9.17) is 32.7 Å². The lowest BCUT2D eigenvalue weighted by Crippen LogP contribution is -2.57. The number of hydrogen-bond acceptors (Lipinski definition) is 8. The lowest BCUT2D eigenvalue weighted by Gasteiger charge is -2.30. The minimum absolute atomic E-state index is 0. The van der Waals surface area contributed by atoms with Crippen molar-refractivity contribution < 1.29 is 34.1 Å². The monoisotopic (exact) mass is 794 g/mol. The number of ether oxygens (including phenoxy) is 2. The highest BCUT2D eigenvalue weighted by Gasteiger charge is 2.37. The fraction of sp³-hybridized carbons (Fsp3) is 0.357. The Balaban J connectivity index is 0.00000406. The van der Waals surface area contributed by atoms with Crippen LogP contribution in [0.2, 0.25) is 10.0 Å². The van der Waals surface area contributed by atoms with Crippen molar-refractivity contribution in [2.24, 2.45) is 5.92 Å². The van der Waals surface area contributed by atoms with Gasteiger partial charge in [0, 0.05) is 31.4 Å². The zero-order valence-electron chi connectivity index (χ0n) is 29.5. The standard InChI is InChI=1S/C40H44Cl2N4O7.2CH4/c1-25(2)37(53-40(51)44-28-14-16-31(17-15-28)52-30-11-7-4-8-12-30)39(50)45-34(22-27-13-18-32(41)33(42)21-27)35(47)36(48)38(49)43-29-19-20-46(24-29)23-26-9-5-3-6-10-26;;/h3-18,21,25,29,34-37,47-48H,19-20,22-24H2,1-2H3,(H,43,49)(H,44,51)(H,45,50);2*1H4. The molecule has 0 aliphatic carbocycles. The van der Waals surface area contributed by atoms with Crippen molar-refractivity contribution in [3.8, 4) is 11.5 Å². The number of benzene rings is 4. The molecule has 3 amide bonds. The Labute approximate surface area is 333 Å². The molecule has 5 N–H and O–H groups in total. The Morgan fingerprint density at radius 1 is 0.818 bits per heavy atom. The van der Waals surface area contributed by atoms with E-state index in [9.17, 15) is 24.6 Å². The van der Waals surface area contributed by atoms with Crippen LogP contribution in [0.15, 0.2) is 103 Å². The van der Waals surface area contributed by atoms with Crippen LogP contribution in [0.25, 0.3) is 0 Å². The quantitative estimate of drug-likeness (QED) is 0.0833. The van der Waals surface area contributed by atoms with E-state index in [0.717, 1.165) is 18.7 Å². The Kier molecular flexibility index (Phi) is 17.4. The van der Waals surface area contributed by atoms with Crippen LogP contribution >= 0.6 is 23.2 Å². The molecule has 0 aromatic heterocycles. The summed E-state index contributed by atoms with van der Waals surface area (Å²) in [6.45, 7) is 5.45. The van der Waals surface area contributed by atoms with Gasteiger partial charge in [-0.15, -0.1) is 0 Å². The maximum Gasteiger partial charge on any atom is 0.412 e. The van der Waals surface area contributed by atoms with Crippen LogP contribution in [0.3, 0.4) is 0 Å².